The van der Waals surface area contributed by atoms with Gasteiger partial charge in [0.05, 0.1) is 5.56 Å². The van der Waals surface area contributed by atoms with E-state index in [1.54, 1.807) is 0 Å². The Kier molecular flexibility index (Phi) is 3.53. The van der Waals surface area contributed by atoms with Crippen molar-refractivity contribution in [3.05, 3.63) is 28.5 Å². The molecular formula is C11H13ClF3N. The number of rotatable bonds is 2. The first-order valence-electron chi connectivity index (χ1n) is 4.92. The molecule has 0 fully saturated rings. The standard InChI is InChI=1S/C11H13ClF3N/c1-4-10(2,3)8-5-7(11(13,14)15)6-9(12)16-8/h5-6H,4H2,1-3H3. The van der Waals surface area contributed by atoms with Crippen molar-refractivity contribution in [1.29, 1.82) is 0 Å². The quantitative estimate of drug-likeness (QED) is 0.708. The van der Waals surface area contributed by atoms with Gasteiger partial charge in [0.1, 0.15) is 5.15 Å². The SMILES string of the molecule is CCC(C)(C)c1cc(C(F)(F)F)cc(Cl)n1. The highest BCUT2D eigenvalue weighted by Gasteiger charge is 2.33. The van der Waals surface area contributed by atoms with Gasteiger partial charge in [0.25, 0.3) is 0 Å². The molecule has 90 valence electrons. The average molecular weight is 252 g/mol. The predicted octanol–water partition coefficient (Wildman–Crippen LogP) is 4.44. The van der Waals surface area contributed by atoms with Crippen LogP contribution in [0.1, 0.15) is 38.4 Å². The van der Waals surface area contributed by atoms with Gasteiger partial charge in [0.15, 0.2) is 0 Å². The van der Waals surface area contributed by atoms with Gasteiger partial charge in [-0.3, -0.25) is 0 Å². The normalized spacial score (nSPS) is 12.9. The molecule has 1 aromatic heterocycles. The summed E-state index contributed by atoms with van der Waals surface area (Å²) in [6, 6.07) is 1.91. The molecule has 1 heterocycles. The van der Waals surface area contributed by atoms with E-state index < -0.39 is 17.2 Å². The lowest BCUT2D eigenvalue weighted by Crippen LogP contribution is -2.19. The highest BCUT2D eigenvalue weighted by atomic mass is 35.5. The lowest BCUT2D eigenvalue weighted by molar-refractivity contribution is -0.137. The molecule has 0 bridgehead atoms. The largest absolute Gasteiger partial charge is 0.416 e. The summed E-state index contributed by atoms with van der Waals surface area (Å²) in [6.45, 7) is 5.58. The number of hydrogen-bond donors (Lipinski definition) is 0. The van der Waals surface area contributed by atoms with Gasteiger partial charge < -0.3 is 0 Å². The molecule has 1 nitrogen and oxygen atoms in total. The fraction of sp³-hybridized carbons (Fsp3) is 0.545. The van der Waals surface area contributed by atoms with Crippen molar-refractivity contribution in [3.8, 4) is 0 Å². The molecule has 0 unspecified atom stereocenters. The molecule has 0 aromatic carbocycles. The Morgan fingerprint density at radius 2 is 1.81 bits per heavy atom. The molecule has 1 rings (SSSR count). The van der Waals surface area contributed by atoms with Gasteiger partial charge in [0.2, 0.25) is 0 Å². The first-order chi connectivity index (χ1) is 7.16. The van der Waals surface area contributed by atoms with Crippen LogP contribution in [0.25, 0.3) is 0 Å². The van der Waals surface area contributed by atoms with Gasteiger partial charge in [-0.05, 0) is 18.6 Å². The summed E-state index contributed by atoms with van der Waals surface area (Å²) in [5.41, 5.74) is -0.788. The van der Waals surface area contributed by atoms with Crippen LogP contribution < -0.4 is 0 Å². The predicted molar refractivity (Wildman–Crippen MR) is 57.6 cm³/mol. The molecule has 0 saturated heterocycles. The van der Waals surface area contributed by atoms with E-state index in [9.17, 15) is 13.2 Å². The number of hydrogen-bond acceptors (Lipinski definition) is 1. The number of aromatic nitrogens is 1. The van der Waals surface area contributed by atoms with Crippen molar-refractivity contribution in [2.24, 2.45) is 0 Å². The van der Waals surface area contributed by atoms with Crippen LogP contribution in [-0.2, 0) is 11.6 Å². The zero-order chi connectivity index (χ0) is 12.6. The summed E-state index contributed by atoms with van der Waals surface area (Å²) in [5.74, 6) is 0. The number of nitrogens with zero attached hydrogens (tertiary/aromatic N) is 1. The molecule has 1 aromatic rings. The molecule has 0 aliphatic rings. The Morgan fingerprint density at radius 3 is 2.25 bits per heavy atom. The van der Waals surface area contributed by atoms with Gasteiger partial charge in [-0.15, -0.1) is 0 Å². The molecule has 16 heavy (non-hydrogen) atoms. The first kappa shape index (κ1) is 13.3. The molecule has 0 saturated carbocycles. The smallest absolute Gasteiger partial charge is 0.241 e. The first-order valence-corrected chi connectivity index (χ1v) is 5.30. The van der Waals surface area contributed by atoms with Crippen molar-refractivity contribution in [3.63, 3.8) is 0 Å². The van der Waals surface area contributed by atoms with E-state index in [1.807, 2.05) is 20.8 Å². The van der Waals surface area contributed by atoms with Crippen molar-refractivity contribution in [1.82, 2.24) is 4.98 Å². The summed E-state index contributed by atoms with van der Waals surface area (Å²) in [7, 11) is 0. The zero-order valence-corrected chi connectivity index (χ0v) is 10.1. The van der Waals surface area contributed by atoms with Crippen LogP contribution in [0.4, 0.5) is 13.2 Å². The van der Waals surface area contributed by atoms with E-state index in [0.717, 1.165) is 12.1 Å². The van der Waals surface area contributed by atoms with Crippen LogP contribution >= 0.6 is 11.6 Å². The van der Waals surface area contributed by atoms with Crippen LogP contribution in [0, 0.1) is 0 Å². The fourth-order valence-corrected chi connectivity index (χ4v) is 1.40. The molecule has 0 spiro atoms. The third kappa shape index (κ3) is 2.88. The molecular weight excluding hydrogens is 239 g/mol. The van der Waals surface area contributed by atoms with Crippen LogP contribution in [-0.4, -0.2) is 4.98 Å². The van der Waals surface area contributed by atoms with E-state index in [1.165, 1.54) is 0 Å². The second-order valence-corrected chi connectivity index (χ2v) is 4.69. The zero-order valence-electron chi connectivity index (χ0n) is 9.32. The lowest BCUT2D eigenvalue weighted by Gasteiger charge is -2.23. The Bertz CT molecular complexity index is 385. The maximum Gasteiger partial charge on any atom is 0.416 e. The van der Waals surface area contributed by atoms with Crippen LogP contribution in [0.15, 0.2) is 12.1 Å². The van der Waals surface area contributed by atoms with E-state index in [4.69, 9.17) is 11.6 Å². The van der Waals surface area contributed by atoms with Gasteiger partial charge in [-0.2, -0.15) is 13.2 Å². The topological polar surface area (TPSA) is 12.9 Å². The monoisotopic (exact) mass is 251 g/mol. The third-order valence-corrected chi connectivity index (χ3v) is 2.89. The Hall–Kier alpha value is -0.770. The van der Waals surface area contributed by atoms with E-state index in [-0.39, 0.29) is 5.15 Å². The van der Waals surface area contributed by atoms with Crippen molar-refractivity contribution < 1.29 is 13.2 Å². The van der Waals surface area contributed by atoms with E-state index >= 15 is 0 Å². The molecule has 0 radical (unpaired) electrons. The number of pyridine rings is 1. The summed E-state index contributed by atoms with van der Waals surface area (Å²) in [6.07, 6.45) is -3.69. The van der Waals surface area contributed by atoms with Gasteiger partial charge in [-0.1, -0.05) is 32.4 Å². The molecule has 5 heteroatoms. The Balaban J connectivity index is 3.29. The fourth-order valence-electron chi connectivity index (χ4n) is 1.19. The van der Waals surface area contributed by atoms with Crippen molar-refractivity contribution in [2.75, 3.05) is 0 Å². The summed E-state index contributed by atoms with van der Waals surface area (Å²) < 4.78 is 37.7. The molecule has 0 aliphatic heterocycles. The highest BCUT2D eigenvalue weighted by Crippen LogP contribution is 2.34. The second-order valence-electron chi connectivity index (χ2n) is 4.30. The number of alkyl halides is 3. The van der Waals surface area contributed by atoms with Crippen LogP contribution in [0.2, 0.25) is 5.15 Å². The third-order valence-electron chi connectivity index (χ3n) is 2.70. The van der Waals surface area contributed by atoms with Gasteiger partial charge in [0, 0.05) is 11.1 Å². The van der Waals surface area contributed by atoms with Gasteiger partial charge >= 0.3 is 6.18 Å². The molecule has 0 aliphatic carbocycles. The van der Waals surface area contributed by atoms with Crippen LogP contribution in [0.5, 0.6) is 0 Å². The molecule has 0 atom stereocenters. The summed E-state index contributed by atoms with van der Waals surface area (Å²) >= 11 is 5.61. The van der Waals surface area contributed by atoms with Crippen LogP contribution in [0.3, 0.4) is 0 Å². The Labute approximate surface area is 97.6 Å². The average Bonchev–Trinajstić information content (AvgIpc) is 2.15. The maximum absolute atomic E-state index is 12.6. The molecule has 0 N–H and O–H groups in total. The lowest BCUT2D eigenvalue weighted by atomic mass is 9.85. The minimum absolute atomic E-state index is 0.119. The summed E-state index contributed by atoms with van der Waals surface area (Å²) in [4.78, 5) is 3.96. The summed E-state index contributed by atoms with van der Waals surface area (Å²) in [5, 5.41) is -0.119. The number of halogens is 4. The van der Waals surface area contributed by atoms with E-state index in [0.29, 0.717) is 12.1 Å². The maximum atomic E-state index is 12.6. The van der Waals surface area contributed by atoms with Gasteiger partial charge in [-0.25, -0.2) is 4.98 Å². The highest BCUT2D eigenvalue weighted by molar-refractivity contribution is 6.29. The second kappa shape index (κ2) is 4.24. The van der Waals surface area contributed by atoms with Crippen molar-refractivity contribution in [2.45, 2.75) is 38.8 Å². The minimum atomic E-state index is -4.38. The molecule has 0 amide bonds. The van der Waals surface area contributed by atoms with Crippen molar-refractivity contribution >= 4 is 11.6 Å². The Morgan fingerprint density at radius 1 is 1.25 bits per heavy atom. The minimum Gasteiger partial charge on any atom is -0.241 e. The van der Waals surface area contributed by atoms with E-state index in [2.05, 4.69) is 4.98 Å².